The highest BCUT2D eigenvalue weighted by molar-refractivity contribution is 4.80. The van der Waals surface area contributed by atoms with E-state index in [9.17, 15) is 0 Å². The first-order valence-electron chi connectivity index (χ1n) is 4.55. The van der Waals surface area contributed by atoms with Gasteiger partial charge < -0.3 is 14.4 Å². The van der Waals surface area contributed by atoms with Crippen LogP contribution in [-0.4, -0.2) is 51.0 Å². The molecule has 1 aliphatic heterocycles. The fourth-order valence-corrected chi connectivity index (χ4v) is 1.55. The molecule has 0 radical (unpaired) electrons. The highest BCUT2D eigenvalue weighted by atomic mass is 16.5. The van der Waals surface area contributed by atoms with Gasteiger partial charge in [-0.25, -0.2) is 0 Å². The van der Waals surface area contributed by atoms with E-state index in [1.54, 1.807) is 7.11 Å². The molecule has 0 aromatic carbocycles. The summed E-state index contributed by atoms with van der Waals surface area (Å²) < 4.78 is 10.5. The largest absolute Gasteiger partial charge is 0.382 e. The minimum atomic E-state index is 0.417. The Kier molecular flexibility index (Phi) is 3.98. The number of methoxy groups -OCH3 is 1. The molecular weight excluding hydrogens is 154 g/mol. The molecule has 1 heterocycles. The van der Waals surface area contributed by atoms with E-state index in [1.165, 1.54) is 0 Å². The third-order valence-electron chi connectivity index (χ3n) is 2.49. The van der Waals surface area contributed by atoms with Crippen molar-refractivity contribution >= 4 is 0 Å². The van der Waals surface area contributed by atoms with Crippen LogP contribution >= 0.6 is 0 Å². The van der Waals surface area contributed by atoms with Gasteiger partial charge >= 0.3 is 0 Å². The molecule has 0 spiro atoms. The normalized spacial score (nSPS) is 31.2. The van der Waals surface area contributed by atoms with Crippen molar-refractivity contribution in [2.45, 2.75) is 25.5 Å². The summed E-state index contributed by atoms with van der Waals surface area (Å²) in [4.78, 5) is 2.33. The number of hydrogen-bond acceptors (Lipinski definition) is 3. The predicted octanol–water partition coefficient (Wildman–Crippen LogP) is 0.742. The van der Waals surface area contributed by atoms with Crippen molar-refractivity contribution in [3.63, 3.8) is 0 Å². The van der Waals surface area contributed by atoms with Crippen LogP contribution in [0.4, 0.5) is 0 Å². The maximum absolute atomic E-state index is 5.62. The zero-order valence-corrected chi connectivity index (χ0v) is 8.25. The van der Waals surface area contributed by atoms with Gasteiger partial charge in [0.1, 0.15) is 0 Å². The number of nitrogens with zero attached hydrogens (tertiary/aromatic N) is 1. The molecule has 3 heteroatoms. The van der Waals surface area contributed by atoms with Crippen LogP contribution in [0.3, 0.4) is 0 Å². The Balaban J connectivity index is 2.10. The molecule has 12 heavy (non-hydrogen) atoms. The summed E-state index contributed by atoms with van der Waals surface area (Å²) in [6.45, 7) is 4.72. The van der Waals surface area contributed by atoms with E-state index in [1.807, 2.05) is 0 Å². The standard InChI is InChI=1S/C9H19NO2/c1-8-6-9(7-10(8)2)12-5-4-11-3/h8-9H,4-7H2,1-3H3. The molecule has 2 unspecified atom stereocenters. The molecule has 1 saturated heterocycles. The summed E-state index contributed by atoms with van der Waals surface area (Å²) in [6, 6.07) is 0.664. The third kappa shape index (κ3) is 2.73. The Morgan fingerprint density at radius 2 is 2.17 bits per heavy atom. The van der Waals surface area contributed by atoms with E-state index in [0.717, 1.165) is 19.6 Å². The SMILES string of the molecule is COCCOC1CC(C)N(C)C1. The van der Waals surface area contributed by atoms with Gasteiger partial charge in [-0.3, -0.25) is 0 Å². The number of likely N-dealkylation sites (tertiary alicyclic amines) is 1. The molecule has 1 rings (SSSR count). The molecule has 0 N–H and O–H groups in total. The molecule has 1 fully saturated rings. The number of ether oxygens (including phenoxy) is 2. The highest BCUT2D eigenvalue weighted by Crippen LogP contribution is 2.17. The van der Waals surface area contributed by atoms with Gasteiger partial charge in [-0.1, -0.05) is 0 Å². The van der Waals surface area contributed by atoms with Crippen molar-refractivity contribution in [1.29, 1.82) is 0 Å². The average Bonchev–Trinajstić information content (AvgIpc) is 2.32. The summed E-state index contributed by atoms with van der Waals surface area (Å²) in [6.07, 6.45) is 1.57. The van der Waals surface area contributed by atoms with E-state index in [4.69, 9.17) is 9.47 Å². The van der Waals surface area contributed by atoms with Crippen molar-refractivity contribution < 1.29 is 9.47 Å². The second kappa shape index (κ2) is 4.80. The van der Waals surface area contributed by atoms with Crippen LogP contribution in [-0.2, 0) is 9.47 Å². The molecular formula is C9H19NO2. The smallest absolute Gasteiger partial charge is 0.0717 e. The van der Waals surface area contributed by atoms with Gasteiger partial charge in [-0.15, -0.1) is 0 Å². The van der Waals surface area contributed by atoms with E-state index >= 15 is 0 Å². The fourth-order valence-electron chi connectivity index (χ4n) is 1.55. The molecule has 0 aromatic rings. The molecule has 0 bridgehead atoms. The Hall–Kier alpha value is -0.120. The quantitative estimate of drug-likeness (QED) is 0.585. The zero-order valence-electron chi connectivity index (χ0n) is 8.25. The lowest BCUT2D eigenvalue weighted by atomic mass is 10.2. The number of rotatable bonds is 4. The van der Waals surface area contributed by atoms with Crippen molar-refractivity contribution in [2.75, 3.05) is 33.9 Å². The van der Waals surface area contributed by atoms with Crippen LogP contribution < -0.4 is 0 Å². The Morgan fingerprint density at radius 1 is 1.42 bits per heavy atom. The summed E-state index contributed by atoms with van der Waals surface area (Å²) in [7, 11) is 3.84. The predicted molar refractivity (Wildman–Crippen MR) is 48.3 cm³/mol. The minimum Gasteiger partial charge on any atom is -0.382 e. The van der Waals surface area contributed by atoms with Gasteiger partial charge in [0.15, 0.2) is 0 Å². The minimum absolute atomic E-state index is 0.417. The van der Waals surface area contributed by atoms with Gasteiger partial charge in [-0.2, -0.15) is 0 Å². The second-order valence-corrected chi connectivity index (χ2v) is 3.51. The Labute approximate surface area is 74.6 Å². The zero-order chi connectivity index (χ0) is 8.97. The molecule has 0 aliphatic carbocycles. The van der Waals surface area contributed by atoms with Gasteiger partial charge in [-0.05, 0) is 20.4 Å². The monoisotopic (exact) mass is 173 g/mol. The first kappa shape index (κ1) is 9.96. The molecule has 0 aromatic heterocycles. The summed E-state index contributed by atoms with van der Waals surface area (Å²) in [5, 5.41) is 0. The van der Waals surface area contributed by atoms with E-state index < -0.39 is 0 Å². The topological polar surface area (TPSA) is 21.7 Å². The highest BCUT2D eigenvalue weighted by Gasteiger charge is 2.26. The summed E-state index contributed by atoms with van der Waals surface area (Å²) >= 11 is 0. The van der Waals surface area contributed by atoms with E-state index in [2.05, 4.69) is 18.9 Å². The van der Waals surface area contributed by atoms with Crippen molar-refractivity contribution in [3.05, 3.63) is 0 Å². The van der Waals surface area contributed by atoms with Gasteiger partial charge in [0.05, 0.1) is 19.3 Å². The molecule has 2 atom stereocenters. The van der Waals surface area contributed by atoms with Crippen LogP contribution in [0.1, 0.15) is 13.3 Å². The summed E-state index contributed by atoms with van der Waals surface area (Å²) in [5.74, 6) is 0. The van der Waals surface area contributed by atoms with Crippen LogP contribution in [0.5, 0.6) is 0 Å². The van der Waals surface area contributed by atoms with Crippen LogP contribution in [0.25, 0.3) is 0 Å². The molecule has 1 aliphatic rings. The van der Waals surface area contributed by atoms with Crippen LogP contribution in [0.2, 0.25) is 0 Å². The number of hydrogen-bond donors (Lipinski definition) is 0. The van der Waals surface area contributed by atoms with Crippen molar-refractivity contribution in [2.24, 2.45) is 0 Å². The van der Waals surface area contributed by atoms with E-state index in [0.29, 0.717) is 18.8 Å². The molecule has 0 saturated carbocycles. The lowest BCUT2D eigenvalue weighted by Gasteiger charge is -2.12. The lowest BCUT2D eigenvalue weighted by Crippen LogP contribution is -2.23. The fraction of sp³-hybridized carbons (Fsp3) is 1.00. The maximum atomic E-state index is 5.62. The lowest BCUT2D eigenvalue weighted by molar-refractivity contribution is 0.0231. The van der Waals surface area contributed by atoms with Crippen LogP contribution in [0.15, 0.2) is 0 Å². The first-order valence-corrected chi connectivity index (χ1v) is 4.55. The van der Waals surface area contributed by atoms with Crippen LogP contribution in [0, 0.1) is 0 Å². The molecule has 0 amide bonds. The van der Waals surface area contributed by atoms with E-state index in [-0.39, 0.29) is 0 Å². The van der Waals surface area contributed by atoms with Gasteiger partial charge in [0.2, 0.25) is 0 Å². The van der Waals surface area contributed by atoms with Crippen molar-refractivity contribution in [1.82, 2.24) is 4.90 Å². The average molecular weight is 173 g/mol. The first-order chi connectivity index (χ1) is 5.74. The van der Waals surface area contributed by atoms with Gasteiger partial charge in [0.25, 0.3) is 0 Å². The third-order valence-corrected chi connectivity index (χ3v) is 2.49. The maximum Gasteiger partial charge on any atom is 0.0717 e. The Morgan fingerprint density at radius 3 is 2.67 bits per heavy atom. The molecule has 3 nitrogen and oxygen atoms in total. The Bertz CT molecular complexity index is 120. The van der Waals surface area contributed by atoms with Gasteiger partial charge in [0, 0.05) is 19.7 Å². The number of likely N-dealkylation sites (N-methyl/N-ethyl adjacent to an activating group) is 1. The second-order valence-electron chi connectivity index (χ2n) is 3.51. The molecule has 72 valence electrons. The van der Waals surface area contributed by atoms with Crippen molar-refractivity contribution in [3.8, 4) is 0 Å². The summed E-state index contributed by atoms with van der Waals surface area (Å²) in [5.41, 5.74) is 0.